The lowest BCUT2D eigenvalue weighted by molar-refractivity contribution is 0.0517. The van der Waals surface area contributed by atoms with Crippen LogP contribution in [0.4, 0.5) is 0 Å². The van der Waals surface area contributed by atoms with Crippen molar-refractivity contribution in [3.05, 3.63) is 17.5 Å². The van der Waals surface area contributed by atoms with Gasteiger partial charge >= 0.3 is 5.97 Å². The molecule has 17 heavy (non-hydrogen) atoms. The van der Waals surface area contributed by atoms with E-state index < -0.39 is 0 Å². The molecule has 1 heterocycles. The first-order valence-corrected chi connectivity index (χ1v) is 6.13. The molecule has 0 spiro atoms. The molecule has 0 amide bonds. The molecule has 1 fully saturated rings. The van der Waals surface area contributed by atoms with Crippen LogP contribution in [0.2, 0.25) is 0 Å². The minimum absolute atomic E-state index is 0.335. The molecule has 0 aliphatic heterocycles. The highest BCUT2D eigenvalue weighted by atomic mass is 16.5. The summed E-state index contributed by atoms with van der Waals surface area (Å²) in [5, 5.41) is 7.58. The number of carbonyl (C=O) groups excluding carboxylic acids is 1. The van der Waals surface area contributed by atoms with Crippen LogP contribution < -0.4 is 5.32 Å². The Morgan fingerprint density at radius 3 is 3.00 bits per heavy atom. The molecule has 0 unspecified atom stereocenters. The second kappa shape index (κ2) is 5.31. The van der Waals surface area contributed by atoms with Crippen molar-refractivity contribution in [2.45, 2.75) is 38.8 Å². The third-order valence-electron chi connectivity index (χ3n) is 3.06. The summed E-state index contributed by atoms with van der Waals surface area (Å²) in [6, 6.07) is 0.602. The Labute approximate surface area is 101 Å². The van der Waals surface area contributed by atoms with Gasteiger partial charge in [0, 0.05) is 31.4 Å². The van der Waals surface area contributed by atoms with E-state index in [1.54, 1.807) is 11.6 Å². The molecule has 1 aromatic heterocycles. The molecule has 1 saturated carbocycles. The maximum absolute atomic E-state index is 11.7. The number of hydrogen-bond donors (Lipinski definition) is 1. The van der Waals surface area contributed by atoms with Crippen molar-refractivity contribution in [1.82, 2.24) is 15.1 Å². The lowest BCUT2D eigenvalue weighted by atomic mass is 9.93. The molecular formula is C12H19N3O2. The Balaban J connectivity index is 2.01. The van der Waals surface area contributed by atoms with E-state index in [0.29, 0.717) is 24.9 Å². The van der Waals surface area contributed by atoms with Crippen molar-refractivity contribution in [1.29, 1.82) is 0 Å². The van der Waals surface area contributed by atoms with Crippen molar-refractivity contribution in [3.63, 3.8) is 0 Å². The Hall–Kier alpha value is -1.36. The van der Waals surface area contributed by atoms with Crippen LogP contribution in [0.25, 0.3) is 0 Å². The zero-order valence-corrected chi connectivity index (χ0v) is 10.4. The number of hydrogen-bond acceptors (Lipinski definition) is 4. The van der Waals surface area contributed by atoms with Gasteiger partial charge in [-0.25, -0.2) is 4.79 Å². The van der Waals surface area contributed by atoms with Crippen LogP contribution >= 0.6 is 0 Å². The van der Waals surface area contributed by atoms with E-state index in [4.69, 9.17) is 4.74 Å². The Morgan fingerprint density at radius 1 is 1.65 bits per heavy atom. The highest BCUT2D eigenvalue weighted by Gasteiger charge is 2.20. The van der Waals surface area contributed by atoms with Crippen molar-refractivity contribution >= 4 is 5.97 Å². The third-order valence-corrected chi connectivity index (χ3v) is 3.06. The van der Waals surface area contributed by atoms with Crippen LogP contribution in [0.3, 0.4) is 0 Å². The van der Waals surface area contributed by atoms with E-state index >= 15 is 0 Å². The highest BCUT2D eigenvalue weighted by molar-refractivity contribution is 5.88. The molecule has 5 heteroatoms. The first-order chi connectivity index (χ1) is 8.20. The van der Waals surface area contributed by atoms with E-state index in [9.17, 15) is 4.79 Å². The number of ether oxygens (including phenoxy) is 1. The second-order valence-electron chi connectivity index (χ2n) is 4.41. The summed E-state index contributed by atoms with van der Waals surface area (Å²) in [5.41, 5.74) is 1.35. The number of aromatic nitrogens is 2. The van der Waals surface area contributed by atoms with Gasteiger partial charge in [-0.2, -0.15) is 5.10 Å². The number of carbonyl (C=O) groups is 1. The number of aryl methyl sites for hydroxylation is 1. The van der Waals surface area contributed by atoms with Gasteiger partial charge in [-0.05, 0) is 19.8 Å². The van der Waals surface area contributed by atoms with E-state index in [-0.39, 0.29) is 5.97 Å². The van der Waals surface area contributed by atoms with Gasteiger partial charge in [0.15, 0.2) is 5.69 Å². The van der Waals surface area contributed by atoms with Crippen molar-refractivity contribution in [2.75, 3.05) is 6.61 Å². The van der Waals surface area contributed by atoms with Crippen LogP contribution in [0.15, 0.2) is 6.20 Å². The summed E-state index contributed by atoms with van der Waals surface area (Å²) in [4.78, 5) is 11.7. The largest absolute Gasteiger partial charge is 0.461 e. The maximum atomic E-state index is 11.7. The normalized spacial score (nSPS) is 15.6. The highest BCUT2D eigenvalue weighted by Crippen LogP contribution is 2.19. The van der Waals surface area contributed by atoms with Gasteiger partial charge in [-0.1, -0.05) is 6.42 Å². The Bertz CT molecular complexity index is 396. The maximum Gasteiger partial charge on any atom is 0.359 e. The molecule has 2 rings (SSSR count). The van der Waals surface area contributed by atoms with Crippen LogP contribution in [0, 0.1) is 0 Å². The molecule has 0 radical (unpaired) electrons. The fraction of sp³-hybridized carbons (Fsp3) is 0.667. The predicted octanol–water partition coefficient (Wildman–Crippen LogP) is 1.24. The first kappa shape index (κ1) is 12.1. The van der Waals surface area contributed by atoms with E-state index in [2.05, 4.69) is 10.4 Å². The van der Waals surface area contributed by atoms with E-state index in [0.717, 1.165) is 5.56 Å². The molecule has 0 bridgehead atoms. The minimum Gasteiger partial charge on any atom is -0.461 e. The molecule has 0 atom stereocenters. The summed E-state index contributed by atoms with van der Waals surface area (Å²) >= 11 is 0. The molecule has 5 nitrogen and oxygen atoms in total. The van der Waals surface area contributed by atoms with Crippen LogP contribution in [-0.2, 0) is 18.3 Å². The lowest BCUT2D eigenvalue weighted by Crippen LogP contribution is -2.34. The minimum atomic E-state index is -0.335. The van der Waals surface area contributed by atoms with Gasteiger partial charge in [0.05, 0.1) is 6.61 Å². The molecule has 1 aliphatic rings. The quantitative estimate of drug-likeness (QED) is 0.783. The molecule has 0 saturated heterocycles. The summed E-state index contributed by atoms with van der Waals surface area (Å²) < 4.78 is 6.64. The van der Waals surface area contributed by atoms with Crippen molar-refractivity contribution < 1.29 is 9.53 Å². The SMILES string of the molecule is CCOC(=O)c1nn(C)cc1CNC1CCC1. The van der Waals surface area contributed by atoms with Crippen LogP contribution in [0.1, 0.15) is 42.2 Å². The van der Waals surface area contributed by atoms with Crippen LogP contribution in [0.5, 0.6) is 0 Å². The molecule has 94 valence electrons. The Morgan fingerprint density at radius 2 is 2.41 bits per heavy atom. The lowest BCUT2D eigenvalue weighted by Gasteiger charge is -2.26. The average molecular weight is 237 g/mol. The molecule has 1 aliphatic carbocycles. The van der Waals surface area contributed by atoms with Crippen molar-refractivity contribution in [3.8, 4) is 0 Å². The molecule has 1 N–H and O–H groups in total. The Kier molecular flexibility index (Phi) is 3.78. The monoisotopic (exact) mass is 237 g/mol. The second-order valence-corrected chi connectivity index (χ2v) is 4.41. The predicted molar refractivity (Wildman–Crippen MR) is 63.6 cm³/mol. The van der Waals surface area contributed by atoms with Crippen LogP contribution in [-0.4, -0.2) is 28.4 Å². The molecule has 1 aromatic rings. The summed E-state index contributed by atoms with van der Waals surface area (Å²) in [5.74, 6) is -0.335. The summed E-state index contributed by atoms with van der Waals surface area (Å²) in [7, 11) is 1.82. The first-order valence-electron chi connectivity index (χ1n) is 6.13. The number of nitrogens with one attached hydrogen (secondary N) is 1. The zero-order chi connectivity index (χ0) is 12.3. The number of rotatable bonds is 5. The smallest absolute Gasteiger partial charge is 0.359 e. The summed E-state index contributed by atoms with van der Waals surface area (Å²) in [6.45, 7) is 2.87. The zero-order valence-electron chi connectivity index (χ0n) is 10.4. The fourth-order valence-corrected chi connectivity index (χ4v) is 1.90. The molecule has 0 aromatic carbocycles. The van der Waals surface area contributed by atoms with E-state index in [1.807, 2.05) is 13.2 Å². The van der Waals surface area contributed by atoms with Gasteiger partial charge in [-0.15, -0.1) is 0 Å². The van der Waals surface area contributed by atoms with E-state index in [1.165, 1.54) is 19.3 Å². The van der Waals surface area contributed by atoms with Gasteiger partial charge in [0.25, 0.3) is 0 Å². The third kappa shape index (κ3) is 2.85. The van der Waals surface area contributed by atoms with Crippen molar-refractivity contribution in [2.24, 2.45) is 7.05 Å². The molecular weight excluding hydrogens is 218 g/mol. The topological polar surface area (TPSA) is 56.1 Å². The van der Waals surface area contributed by atoms with Gasteiger partial charge in [0.1, 0.15) is 0 Å². The summed E-state index contributed by atoms with van der Waals surface area (Å²) in [6.07, 6.45) is 5.64. The van der Waals surface area contributed by atoms with Gasteiger partial charge in [0.2, 0.25) is 0 Å². The van der Waals surface area contributed by atoms with Gasteiger partial charge in [-0.3, -0.25) is 4.68 Å². The number of nitrogens with zero attached hydrogens (tertiary/aromatic N) is 2. The average Bonchev–Trinajstić information content (AvgIpc) is 2.58. The fourth-order valence-electron chi connectivity index (χ4n) is 1.90. The van der Waals surface area contributed by atoms with Gasteiger partial charge < -0.3 is 10.1 Å². The standard InChI is InChI=1S/C12H19N3O2/c1-3-17-12(16)11-9(8-15(2)14-11)7-13-10-5-4-6-10/h8,10,13H,3-7H2,1-2H3. The number of esters is 1.